The maximum absolute atomic E-state index is 13.6. The molecule has 108 valence electrons. The highest BCUT2D eigenvalue weighted by Crippen LogP contribution is 2.19. The number of benzene rings is 1. The second kappa shape index (κ2) is 7.39. The van der Waals surface area contributed by atoms with Gasteiger partial charge in [-0.15, -0.1) is 0 Å². The van der Waals surface area contributed by atoms with E-state index in [1.807, 2.05) is 0 Å². The van der Waals surface area contributed by atoms with Crippen molar-refractivity contribution >= 4 is 0 Å². The van der Waals surface area contributed by atoms with E-state index >= 15 is 0 Å². The van der Waals surface area contributed by atoms with Gasteiger partial charge in [0.15, 0.2) is 0 Å². The minimum atomic E-state index is -0.325. The van der Waals surface area contributed by atoms with Crippen molar-refractivity contribution < 1.29 is 14.6 Å². The monoisotopic (exact) mass is 277 g/mol. The zero-order chi connectivity index (χ0) is 14.4. The quantitative estimate of drug-likeness (QED) is 0.817. The van der Waals surface area contributed by atoms with Crippen molar-refractivity contribution in [3.63, 3.8) is 0 Å². The zero-order valence-electron chi connectivity index (χ0n) is 11.5. The maximum Gasteiger partial charge on any atom is 0.138 e. The van der Waals surface area contributed by atoms with Gasteiger partial charge in [0.05, 0.1) is 12.2 Å². The second-order valence-corrected chi connectivity index (χ2v) is 5.16. The van der Waals surface area contributed by atoms with Gasteiger partial charge in [0.2, 0.25) is 0 Å². The van der Waals surface area contributed by atoms with E-state index < -0.39 is 0 Å². The Hall–Kier alpha value is -1.41. The Morgan fingerprint density at radius 2 is 2.20 bits per heavy atom. The van der Waals surface area contributed by atoms with Gasteiger partial charge in [-0.25, -0.2) is 4.39 Å². The van der Waals surface area contributed by atoms with Gasteiger partial charge in [-0.2, -0.15) is 0 Å². The van der Waals surface area contributed by atoms with Crippen LogP contribution in [-0.4, -0.2) is 41.4 Å². The molecule has 1 saturated heterocycles. The maximum atomic E-state index is 13.6. The van der Waals surface area contributed by atoms with Crippen LogP contribution in [0.3, 0.4) is 0 Å². The van der Waals surface area contributed by atoms with Crippen molar-refractivity contribution in [1.82, 2.24) is 4.90 Å². The van der Waals surface area contributed by atoms with Gasteiger partial charge in [0.25, 0.3) is 0 Å². The van der Waals surface area contributed by atoms with Crippen LogP contribution in [0, 0.1) is 23.6 Å². The molecule has 1 unspecified atom stereocenters. The number of aliphatic hydroxyl groups is 2. The highest BCUT2D eigenvalue weighted by atomic mass is 19.1. The van der Waals surface area contributed by atoms with Crippen molar-refractivity contribution in [1.29, 1.82) is 0 Å². The lowest BCUT2D eigenvalue weighted by molar-refractivity contribution is 0.220. The van der Waals surface area contributed by atoms with Gasteiger partial charge in [-0.05, 0) is 36.6 Å². The molecule has 0 aromatic heterocycles. The molecule has 0 radical (unpaired) electrons. The van der Waals surface area contributed by atoms with Crippen LogP contribution in [0.4, 0.5) is 4.39 Å². The van der Waals surface area contributed by atoms with Gasteiger partial charge in [-0.3, -0.25) is 4.90 Å². The zero-order valence-corrected chi connectivity index (χ0v) is 11.5. The summed E-state index contributed by atoms with van der Waals surface area (Å²) in [6.07, 6.45) is 1.37. The molecule has 4 heteroatoms. The molecule has 1 atom stereocenters. The predicted octanol–water partition coefficient (Wildman–Crippen LogP) is 1.37. The van der Waals surface area contributed by atoms with Crippen molar-refractivity contribution in [3.05, 3.63) is 35.1 Å². The molecule has 1 fully saturated rings. The Morgan fingerprint density at radius 3 is 2.90 bits per heavy atom. The normalized spacial score (nSPS) is 18.9. The molecule has 0 aliphatic carbocycles. The molecule has 3 nitrogen and oxygen atoms in total. The van der Waals surface area contributed by atoms with Crippen LogP contribution >= 0.6 is 0 Å². The SMILES string of the molecule is OCCC#Cc1cc(CN2CCC(CO)C2)ccc1F. The number of hydrogen-bond acceptors (Lipinski definition) is 3. The average Bonchev–Trinajstić information content (AvgIpc) is 2.90. The lowest BCUT2D eigenvalue weighted by atomic mass is 10.1. The van der Waals surface area contributed by atoms with E-state index in [9.17, 15) is 4.39 Å². The van der Waals surface area contributed by atoms with E-state index in [1.165, 1.54) is 6.07 Å². The molecule has 0 saturated carbocycles. The summed E-state index contributed by atoms with van der Waals surface area (Å²) in [5.74, 6) is 5.53. The van der Waals surface area contributed by atoms with E-state index in [0.29, 0.717) is 17.9 Å². The molecule has 2 rings (SSSR count). The third-order valence-corrected chi connectivity index (χ3v) is 3.52. The third kappa shape index (κ3) is 4.04. The molecule has 1 aliphatic rings. The number of halogens is 1. The topological polar surface area (TPSA) is 43.7 Å². The Bertz CT molecular complexity index is 507. The minimum absolute atomic E-state index is 0.00929. The highest BCUT2D eigenvalue weighted by molar-refractivity contribution is 5.38. The summed E-state index contributed by atoms with van der Waals surface area (Å²) in [4.78, 5) is 2.26. The van der Waals surface area contributed by atoms with E-state index in [-0.39, 0.29) is 19.0 Å². The summed E-state index contributed by atoms with van der Waals surface area (Å²) >= 11 is 0. The number of aliphatic hydroxyl groups excluding tert-OH is 2. The molecule has 0 bridgehead atoms. The molecule has 20 heavy (non-hydrogen) atoms. The molecule has 1 aromatic carbocycles. The van der Waals surface area contributed by atoms with Crippen LogP contribution in [0.25, 0.3) is 0 Å². The molecule has 1 heterocycles. The van der Waals surface area contributed by atoms with E-state index in [0.717, 1.165) is 31.6 Å². The van der Waals surface area contributed by atoms with Crippen LogP contribution in [0.15, 0.2) is 18.2 Å². The first kappa shape index (κ1) is 15.0. The van der Waals surface area contributed by atoms with Crippen LogP contribution < -0.4 is 0 Å². The summed E-state index contributed by atoms with van der Waals surface area (Å²) in [6.45, 7) is 2.83. The molecule has 1 aromatic rings. The molecular formula is C16H20FNO2. The lowest BCUT2D eigenvalue weighted by Crippen LogP contribution is -2.21. The Labute approximate surface area is 119 Å². The lowest BCUT2D eigenvalue weighted by Gasteiger charge is -2.15. The summed E-state index contributed by atoms with van der Waals surface area (Å²) < 4.78 is 13.6. The summed E-state index contributed by atoms with van der Waals surface area (Å²) in [7, 11) is 0. The van der Waals surface area contributed by atoms with Crippen molar-refractivity contribution in [2.24, 2.45) is 5.92 Å². The number of likely N-dealkylation sites (tertiary alicyclic amines) is 1. The van der Waals surface area contributed by atoms with Crippen LogP contribution in [-0.2, 0) is 6.54 Å². The van der Waals surface area contributed by atoms with Crippen LogP contribution in [0.5, 0.6) is 0 Å². The second-order valence-electron chi connectivity index (χ2n) is 5.16. The molecule has 0 spiro atoms. The molecule has 0 amide bonds. The Morgan fingerprint density at radius 1 is 1.35 bits per heavy atom. The first-order valence-electron chi connectivity index (χ1n) is 6.94. The highest BCUT2D eigenvalue weighted by Gasteiger charge is 2.21. The van der Waals surface area contributed by atoms with Crippen molar-refractivity contribution in [3.8, 4) is 11.8 Å². The molecule has 1 aliphatic heterocycles. The largest absolute Gasteiger partial charge is 0.396 e. The van der Waals surface area contributed by atoms with E-state index in [2.05, 4.69) is 16.7 Å². The van der Waals surface area contributed by atoms with Crippen molar-refractivity contribution in [2.45, 2.75) is 19.4 Å². The van der Waals surface area contributed by atoms with E-state index in [4.69, 9.17) is 10.2 Å². The van der Waals surface area contributed by atoms with Gasteiger partial charge in [-0.1, -0.05) is 17.9 Å². The number of rotatable bonds is 4. The summed E-state index contributed by atoms with van der Waals surface area (Å²) in [6, 6.07) is 4.99. The van der Waals surface area contributed by atoms with Gasteiger partial charge in [0, 0.05) is 26.1 Å². The fraction of sp³-hybridized carbons (Fsp3) is 0.500. The first-order chi connectivity index (χ1) is 9.72. The summed E-state index contributed by atoms with van der Waals surface area (Å²) in [5, 5.41) is 17.8. The van der Waals surface area contributed by atoms with Crippen LogP contribution in [0.1, 0.15) is 24.0 Å². The Balaban J connectivity index is 2.02. The van der Waals surface area contributed by atoms with Gasteiger partial charge in [0.1, 0.15) is 5.82 Å². The molecule has 2 N–H and O–H groups in total. The van der Waals surface area contributed by atoms with Gasteiger partial charge < -0.3 is 10.2 Å². The fourth-order valence-corrected chi connectivity index (χ4v) is 2.44. The first-order valence-corrected chi connectivity index (χ1v) is 6.94. The standard InChI is InChI=1S/C16H20FNO2/c17-16-5-4-13(9-15(16)3-1-2-8-19)10-18-7-6-14(11-18)12-20/h4-5,9,14,19-20H,2,6-8,10-12H2. The predicted molar refractivity (Wildman–Crippen MR) is 75.5 cm³/mol. The Kier molecular flexibility index (Phi) is 5.54. The number of hydrogen-bond donors (Lipinski definition) is 2. The fourth-order valence-electron chi connectivity index (χ4n) is 2.44. The smallest absolute Gasteiger partial charge is 0.138 e. The van der Waals surface area contributed by atoms with Crippen LogP contribution in [0.2, 0.25) is 0 Å². The average molecular weight is 277 g/mol. The van der Waals surface area contributed by atoms with E-state index in [1.54, 1.807) is 12.1 Å². The summed E-state index contributed by atoms with van der Waals surface area (Å²) in [5.41, 5.74) is 1.41. The van der Waals surface area contributed by atoms with Crippen molar-refractivity contribution in [2.75, 3.05) is 26.3 Å². The molecular weight excluding hydrogens is 257 g/mol. The number of nitrogens with zero attached hydrogens (tertiary/aromatic N) is 1. The third-order valence-electron chi connectivity index (χ3n) is 3.52. The minimum Gasteiger partial charge on any atom is -0.396 e. The van der Waals surface area contributed by atoms with Gasteiger partial charge >= 0.3 is 0 Å².